The summed E-state index contributed by atoms with van der Waals surface area (Å²) in [6.07, 6.45) is 23.9. The predicted octanol–water partition coefficient (Wildman–Crippen LogP) is 3.39. The summed E-state index contributed by atoms with van der Waals surface area (Å²) < 4.78 is 12.2. The van der Waals surface area contributed by atoms with Crippen LogP contribution in [0.5, 0.6) is 0 Å². The van der Waals surface area contributed by atoms with Gasteiger partial charge in [0.1, 0.15) is 12.2 Å². The summed E-state index contributed by atoms with van der Waals surface area (Å²) in [5.74, 6) is 1.35. The van der Waals surface area contributed by atoms with Crippen molar-refractivity contribution < 1.29 is 9.47 Å². The van der Waals surface area contributed by atoms with Gasteiger partial charge >= 0.3 is 0 Å². The molecule has 122 valence electrons. The van der Waals surface area contributed by atoms with Crippen molar-refractivity contribution in [2.45, 2.75) is 12.2 Å². The number of H-pyrrole nitrogens is 1. The summed E-state index contributed by atoms with van der Waals surface area (Å²) in [6, 6.07) is 0. The molecule has 3 heterocycles. The Morgan fingerprint density at radius 2 is 1.20 bits per heavy atom. The number of allylic oxidation sites excluding steroid dienone is 8. The molecule has 2 unspecified atom stereocenters. The first-order chi connectivity index (χ1) is 12.4. The van der Waals surface area contributed by atoms with Crippen molar-refractivity contribution >= 4 is 11.5 Å². The van der Waals surface area contributed by atoms with Crippen molar-refractivity contribution in [3.8, 4) is 0 Å². The zero-order valence-corrected chi connectivity index (χ0v) is 13.3. The highest BCUT2D eigenvalue weighted by molar-refractivity contribution is 5.73. The number of hydrogen-bond acceptors (Lipinski definition) is 4. The Balaban J connectivity index is 1.49. The molecule has 0 saturated carbocycles. The summed E-state index contributed by atoms with van der Waals surface area (Å²) in [5.41, 5.74) is 3.54. The van der Waals surface area contributed by atoms with E-state index in [9.17, 15) is 0 Å². The van der Waals surface area contributed by atoms with Crippen molar-refractivity contribution in [1.82, 2.24) is 15.4 Å². The monoisotopic (exact) mass is 329 g/mol. The lowest BCUT2D eigenvalue weighted by atomic mass is 10.0. The van der Waals surface area contributed by atoms with Crippen molar-refractivity contribution in [3.63, 3.8) is 0 Å². The molecule has 0 aromatic carbocycles. The zero-order valence-electron chi connectivity index (χ0n) is 13.3. The average Bonchev–Trinajstić information content (AvgIpc) is 3.17. The molecule has 2 aliphatic heterocycles. The van der Waals surface area contributed by atoms with Crippen LogP contribution in [0, 0.1) is 0 Å². The second kappa shape index (κ2) is 5.63. The topological polar surface area (TPSA) is 60.0 Å². The highest BCUT2D eigenvalue weighted by Gasteiger charge is 2.27. The van der Waals surface area contributed by atoms with E-state index in [4.69, 9.17) is 9.47 Å². The molecule has 2 atom stereocenters. The fourth-order valence-corrected chi connectivity index (χ4v) is 3.13. The molecule has 5 rings (SSSR count). The van der Waals surface area contributed by atoms with Crippen molar-refractivity contribution in [2.24, 2.45) is 0 Å². The second-order valence-corrected chi connectivity index (χ2v) is 5.98. The lowest BCUT2D eigenvalue weighted by Crippen LogP contribution is -2.18. The summed E-state index contributed by atoms with van der Waals surface area (Å²) in [7, 11) is 0. The minimum Gasteiger partial charge on any atom is -0.479 e. The lowest BCUT2D eigenvalue weighted by molar-refractivity contribution is 0.236. The molecule has 2 aliphatic carbocycles. The lowest BCUT2D eigenvalue weighted by Gasteiger charge is -2.25. The molecule has 0 amide bonds. The maximum absolute atomic E-state index is 6.08. The predicted molar refractivity (Wildman–Crippen MR) is 94.8 cm³/mol. The Morgan fingerprint density at radius 3 is 1.72 bits per heavy atom. The fraction of sp³-hybridized carbons (Fsp3) is 0.100. The maximum Gasteiger partial charge on any atom is 0.158 e. The largest absolute Gasteiger partial charge is 0.479 e. The van der Waals surface area contributed by atoms with E-state index < -0.39 is 0 Å². The second-order valence-electron chi connectivity index (χ2n) is 5.98. The molecule has 0 spiro atoms. The third-order valence-electron chi connectivity index (χ3n) is 4.41. The molecule has 5 heteroatoms. The van der Waals surface area contributed by atoms with E-state index in [1.54, 1.807) is 0 Å². The normalized spacial score (nSPS) is 25.8. The molecule has 0 bridgehead atoms. The average molecular weight is 329 g/mol. The molecular formula is C20H15N3O2. The summed E-state index contributed by atoms with van der Waals surface area (Å²) >= 11 is 0. The molecule has 1 aromatic rings. The van der Waals surface area contributed by atoms with Gasteiger partial charge in [0.25, 0.3) is 0 Å². The van der Waals surface area contributed by atoms with Crippen LogP contribution < -0.4 is 0 Å². The van der Waals surface area contributed by atoms with Crippen LogP contribution in [-0.4, -0.2) is 27.6 Å². The van der Waals surface area contributed by atoms with Gasteiger partial charge in [-0.25, -0.2) is 0 Å². The van der Waals surface area contributed by atoms with Gasteiger partial charge in [-0.15, -0.1) is 0 Å². The Bertz CT molecular complexity index is 890. The van der Waals surface area contributed by atoms with E-state index in [-0.39, 0.29) is 12.2 Å². The highest BCUT2D eigenvalue weighted by atomic mass is 16.5. The number of nitrogens with zero attached hydrogens (tertiary/aromatic N) is 2. The number of aromatic nitrogens is 3. The van der Waals surface area contributed by atoms with Gasteiger partial charge < -0.3 is 9.47 Å². The first kappa shape index (κ1) is 14.0. The Morgan fingerprint density at radius 1 is 0.680 bits per heavy atom. The number of rotatable bonds is 2. The van der Waals surface area contributed by atoms with Crippen molar-refractivity contribution in [1.29, 1.82) is 0 Å². The molecule has 0 radical (unpaired) electrons. The number of aromatic amines is 1. The van der Waals surface area contributed by atoms with E-state index in [0.717, 1.165) is 11.1 Å². The van der Waals surface area contributed by atoms with E-state index in [1.165, 1.54) is 0 Å². The van der Waals surface area contributed by atoms with Gasteiger partial charge in [-0.2, -0.15) is 15.4 Å². The zero-order chi connectivity index (χ0) is 16.6. The van der Waals surface area contributed by atoms with Crippen molar-refractivity contribution in [2.75, 3.05) is 0 Å². The van der Waals surface area contributed by atoms with Gasteiger partial charge in [0.2, 0.25) is 0 Å². The molecular weight excluding hydrogens is 314 g/mol. The smallest absolute Gasteiger partial charge is 0.158 e. The molecule has 5 nitrogen and oxygen atoms in total. The quantitative estimate of drug-likeness (QED) is 0.903. The Hall–Kier alpha value is -3.34. The molecule has 1 N–H and O–H groups in total. The Labute approximate surface area is 144 Å². The van der Waals surface area contributed by atoms with Crippen LogP contribution in [0.1, 0.15) is 11.4 Å². The molecule has 4 aliphatic rings. The highest BCUT2D eigenvalue weighted by Crippen LogP contribution is 2.33. The van der Waals surface area contributed by atoms with Crippen LogP contribution >= 0.6 is 0 Å². The standard InChI is InChI=1S/C20H15N3O2/c1-3-7-15-13(5-1)9-11-17(24-15)19-20(22-23-21-19)18-12-10-14-6-2-4-8-16(14)25-18/h1-12,15-16H,(H,21,22,23). The fourth-order valence-electron chi connectivity index (χ4n) is 3.13. The molecule has 1 aromatic heterocycles. The van der Waals surface area contributed by atoms with E-state index in [2.05, 4.69) is 15.4 Å². The molecule has 25 heavy (non-hydrogen) atoms. The summed E-state index contributed by atoms with van der Waals surface area (Å²) in [5, 5.41) is 11.3. The Kier molecular flexibility index (Phi) is 3.16. The van der Waals surface area contributed by atoms with Crippen LogP contribution in [0.3, 0.4) is 0 Å². The van der Waals surface area contributed by atoms with E-state index in [0.29, 0.717) is 22.9 Å². The van der Waals surface area contributed by atoms with Crippen LogP contribution in [0.25, 0.3) is 11.5 Å². The summed E-state index contributed by atoms with van der Waals surface area (Å²) in [6.45, 7) is 0. The first-order valence-electron chi connectivity index (χ1n) is 8.17. The van der Waals surface area contributed by atoms with Gasteiger partial charge in [0.05, 0.1) is 0 Å². The van der Waals surface area contributed by atoms with Gasteiger partial charge in [-0.1, -0.05) is 48.6 Å². The van der Waals surface area contributed by atoms with Crippen molar-refractivity contribution in [3.05, 3.63) is 95.4 Å². The minimum atomic E-state index is -0.0892. The van der Waals surface area contributed by atoms with Gasteiger partial charge in [-0.3, -0.25) is 0 Å². The van der Waals surface area contributed by atoms with E-state index >= 15 is 0 Å². The number of fused-ring (bicyclic) bond motifs is 2. The maximum atomic E-state index is 6.08. The minimum absolute atomic E-state index is 0.0892. The first-order valence-corrected chi connectivity index (χ1v) is 8.17. The van der Waals surface area contributed by atoms with Crippen LogP contribution in [-0.2, 0) is 9.47 Å². The molecule has 0 fully saturated rings. The van der Waals surface area contributed by atoms with E-state index in [1.807, 2.05) is 72.9 Å². The van der Waals surface area contributed by atoms with Crippen LogP contribution in [0.15, 0.2) is 84.1 Å². The van der Waals surface area contributed by atoms with Gasteiger partial charge in [0.15, 0.2) is 22.9 Å². The van der Waals surface area contributed by atoms with Crippen LogP contribution in [0.4, 0.5) is 0 Å². The number of hydrogen-bond donors (Lipinski definition) is 1. The van der Waals surface area contributed by atoms with Crippen LogP contribution in [0.2, 0.25) is 0 Å². The molecule has 0 saturated heterocycles. The SMILES string of the molecule is C1=CC2=CC=C(c3n[nH]nc3C3=CC=C4C=CC=CC4O3)OC2C=C1. The van der Waals surface area contributed by atoms with Gasteiger partial charge in [0, 0.05) is 0 Å². The summed E-state index contributed by atoms with van der Waals surface area (Å²) in [4.78, 5) is 0. The number of nitrogens with one attached hydrogen (secondary N) is 1. The third-order valence-corrected chi connectivity index (χ3v) is 4.41. The third kappa shape index (κ3) is 2.41. The van der Waals surface area contributed by atoms with Gasteiger partial charge in [-0.05, 0) is 35.5 Å². The number of ether oxygens (including phenoxy) is 2.